The zero-order valence-corrected chi connectivity index (χ0v) is 20.0. The summed E-state index contributed by atoms with van der Waals surface area (Å²) in [4.78, 5) is 42.0. The highest BCUT2D eigenvalue weighted by Crippen LogP contribution is 2.26. The summed E-state index contributed by atoms with van der Waals surface area (Å²) >= 11 is 0. The lowest BCUT2D eigenvalue weighted by Crippen LogP contribution is -2.55. The molecule has 2 heterocycles. The molecule has 182 valence electrons. The van der Waals surface area contributed by atoms with Crippen molar-refractivity contribution in [3.05, 3.63) is 28.8 Å². The van der Waals surface area contributed by atoms with E-state index < -0.39 is 5.97 Å². The number of carbonyl (C=O) groups is 3. The van der Waals surface area contributed by atoms with E-state index >= 15 is 0 Å². The second kappa shape index (κ2) is 11.0. The summed E-state index contributed by atoms with van der Waals surface area (Å²) in [6.45, 7) is 10.1. The average Bonchev–Trinajstić information content (AvgIpc) is 2.80. The van der Waals surface area contributed by atoms with E-state index in [9.17, 15) is 19.5 Å². The van der Waals surface area contributed by atoms with Gasteiger partial charge < -0.3 is 20.0 Å². The van der Waals surface area contributed by atoms with Crippen LogP contribution in [-0.2, 0) is 20.8 Å². The highest BCUT2D eigenvalue weighted by Gasteiger charge is 2.31. The van der Waals surface area contributed by atoms with E-state index in [4.69, 9.17) is 5.11 Å². The van der Waals surface area contributed by atoms with Gasteiger partial charge in [-0.25, -0.2) is 0 Å². The number of amides is 2. The van der Waals surface area contributed by atoms with Crippen molar-refractivity contribution < 1.29 is 24.6 Å². The highest BCUT2D eigenvalue weighted by atomic mass is 16.4. The van der Waals surface area contributed by atoms with Gasteiger partial charge in [0.25, 0.3) is 0 Å². The fraction of sp³-hybridized carbons (Fsp3) is 0.640. The summed E-state index contributed by atoms with van der Waals surface area (Å²) in [6, 6.07) is 4.34. The molecule has 2 saturated heterocycles. The Morgan fingerprint density at radius 1 is 0.939 bits per heavy atom. The third-order valence-corrected chi connectivity index (χ3v) is 7.03. The smallest absolute Gasteiger partial charge is 0.303 e. The van der Waals surface area contributed by atoms with Gasteiger partial charge in [-0.05, 0) is 49.8 Å². The van der Waals surface area contributed by atoms with Crippen LogP contribution < -0.4 is 0 Å². The number of hydrogen-bond acceptors (Lipinski definition) is 5. The maximum absolute atomic E-state index is 13.0. The number of aromatic hydroxyl groups is 1. The summed E-state index contributed by atoms with van der Waals surface area (Å²) in [6.07, 6.45) is 2.48. The van der Waals surface area contributed by atoms with Gasteiger partial charge in [0, 0.05) is 57.6 Å². The first-order valence-electron chi connectivity index (χ1n) is 12.0. The number of aliphatic carboxylic acids is 1. The Labute approximate surface area is 196 Å². The van der Waals surface area contributed by atoms with E-state index in [0.29, 0.717) is 31.3 Å². The quantitative estimate of drug-likeness (QED) is 0.648. The number of phenols is 1. The van der Waals surface area contributed by atoms with Crippen LogP contribution in [0.5, 0.6) is 5.75 Å². The molecule has 0 radical (unpaired) electrons. The molecule has 2 fully saturated rings. The number of piperazine rings is 1. The summed E-state index contributed by atoms with van der Waals surface area (Å²) in [7, 11) is 0. The molecule has 1 atom stereocenters. The number of piperidine rings is 1. The van der Waals surface area contributed by atoms with Gasteiger partial charge in [-0.2, -0.15) is 0 Å². The van der Waals surface area contributed by atoms with Crippen molar-refractivity contribution in [1.82, 2.24) is 14.7 Å². The van der Waals surface area contributed by atoms with Crippen LogP contribution in [0.4, 0.5) is 0 Å². The average molecular weight is 460 g/mol. The van der Waals surface area contributed by atoms with Gasteiger partial charge in [0.1, 0.15) is 5.75 Å². The largest absolute Gasteiger partial charge is 0.507 e. The maximum atomic E-state index is 13.0. The molecule has 2 amide bonds. The topological polar surface area (TPSA) is 101 Å². The van der Waals surface area contributed by atoms with Crippen LogP contribution in [-0.4, -0.2) is 88.0 Å². The number of hydrogen-bond donors (Lipinski definition) is 2. The normalized spacial score (nSPS) is 18.9. The molecule has 0 bridgehead atoms. The second-order valence-electron chi connectivity index (χ2n) is 9.55. The summed E-state index contributed by atoms with van der Waals surface area (Å²) < 4.78 is 0. The van der Waals surface area contributed by atoms with Crippen LogP contribution in [0, 0.1) is 19.8 Å². The van der Waals surface area contributed by atoms with Crippen LogP contribution in [0.15, 0.2) is 12.1 Å². The lowest BCUT2D eigenvalue weighted by atomic mass is 9.95. The lowest BCUT2D eigenvalue weighted by molar-refractivity contribution is -0.141. The number of aryl methyl sites for hydroxylation is 2. The van der Waals surface area contributed by atoms with Crippen LogP contribution >= 0.6 is 0 Å². The molecule has 3 rings (SSSR count). The number of rotatable bonds is 7. The number of nitrogens with zero attached hydrogens (tertiary/aromatic N) is 3. The molecule has 0 aromatic heterocycles. The molecular weight excluding hydrogens is 422 g/mol. The zero-order chi connectivity index (χ0) is 24.1. The number of carboxylic acids is 1. The van der Waals surface area contributed by atoms with Crippen molar-refractivity contribution in [2.75, 3.05) is 39.3 Å². The molecule has 0 saturated carbocycles. The minimum Gasteiger partial charge on any atom is -0.507 e. The molecule has 0 aliphatic carbocycles. The third-order valence-electron chi connectivity index (χ3n) is 7.03. The minimum atomic E-state index is -0.939. The molecule has 33 heavy (non-hydrogen) atoms. The van der Waals surface area contributed by atoms with E-state index in [-0.39, 0.29) is 30.6 Å². The van der Waals surface area contributed by atoms with Crippen molar-refractivity contribution in [3.8, 4) is 5.75 Å². The fourth-order valence-corrected chi connectivity index (χ4v) is 5.08. The van der Waals surface area contributed by atoms with Crippen LogP contribution in [0.2, 0.25) is 0 Å². The first kappa shape index (κ1) is 25.0. The fourth-order valence-electron chi connectivity index (χ4n) is 5.08. The van der Waals surface area contributed by atoms with E-state index in [1.807, 2.05) is 37.8 Å². The van der Waals surface area contributed by atoms with E-state index in [2.05, 4.69) is 4.90 Å². The summed E-state index contributed by atoms with van der Waals surface area (Å²) in [5.74, 6) is -0.613. The predicted molar refractivity (Wildman–Crippen MR) is 125 cm³/mol. The van der Waals surface area contributed by atoms with Crippen molar-refractivity contribution in [2.45, 2.75) is 58.9 Å². The number of likely N-dealkylation sites (tertiary alicyclic amines) is 1. The Kier molecular flexibility index (Phi) is 8.35. The van der Waals surface area contributed by atoms with Crippen molar-refractivity contribution in [2.24, 2.45) is 5.92 Å². The number of carboxylic acid groups (broad SMARTS) is 1. The van der Waals surface area contributed by atoms with Gasteiger partial charge in [0.05, 0.1) is 6.42 Å². The number of benzene rings is 1. The monoisotopic (exact) mass is 459 g/mol. The highest BCUT2D eigenvalue weighted by molar-refractivity contribution is 5.81. The van der Waals surface area contributed by atoms with E-state index in [1.165, 1.54) is 0 Å². The molecule has 8 nitrogen and oxygen atoms in total. The van der Waals surface area contributed by atoms with E-state index in [1.54, 1.807) is 4.90 Å². The van der Waals surface area contributed by atoms with E-state index in [0.717, 1.165) is 55.7 Å². The Morgan fingerprint density at radius 3 is 2.06 bits per heavy atom. The molecule has 1 aromatic carbocycles. The number of carbonyl (C=O) groups excluding carboxylic acids is 2. The standard InChI is InChI=1S/C25H37N3O5/c1-17-14-20(15-18(2)24(17)32)16-19(3)25(33)28-8-6-21(7-9-28)26-10-12-27(13-11-26)22(29)4-5-23(30)31/h14-15,19,21,32H,4-13,16H2,1-3H3,(H,30,31)/t19-/m1/s1. The van der Waals surface area contributed by atoms with Crippen molar-refractivity contribution in [1.29, 1.82) is 0 Å². The molecule has 2 aliphatic rings. The van der Waals surface area contributed by atoms with Crippen LogP contribution in [0.1, 0.15) is 49.3 Å². The predicted octanol–water partition coefficient (Wildman–Crippen LogP) is 2.19. The van der Waals surface area contributed by atoms with Crippen LogP contribution in [0.3, 0.4) is 0 Å². The first-order chi connectivity index (χ1) is 15.7. The Morgan fingerprint density at radius 2 is 1.52 bits per heavy atom. The maximum Gasteiger partial charge on any atom is 0.303 e. The Hall–Kier alpha value is -2.61. The molecule has 8 heteroatoms. The third kappa shape index (κ3) is 6.47. The van der Waals surface area contributed by atoms with Gasteiger partial charge in [0.2, 0.25) is 11.8 Å². The number of phenolic OH excluding ortho intramolecular Hbond substituents is 1. The summed E-state index contributed by atoms with van der Waals surface area (Å²) in [5.41, 5.74) is 2.76. The molecule has 0 spiro atoms. The van der Waals surface area contributed by atoms with Gasteiger partial charge in [-0.1, -0.05) is 19.1 Å². The minimum absolute atomic E-state index is 0.0668. The van der Waals surface area contributed by atoms with Gasteiger partial charge in [-0.3, -0.25) is 19.3 Å². The summed E-state index contributed by atoms with van der Waals surface area (Å²) in [5, 5.41) is 18.7. The Bertz CT molecular complexity index is 848. The molecule has 0 unspecified atom stereocenters. The Balaban J connectivity index is 1.43. The molecular formula is C25H37N3O5. The SMILES string of the molecule is Cc1cc(C[C@@H](C)C(=O)N2CCC(N3CCN(C(=O)CCC(=O)O)CC3)CC2)cc(C)c1O. The van der Waals surface area contributed by atoms with Crippen molar-refractivity contribution in [3.63, 3.8) is 0 Å². The van der Waals surface area contributed by atoms with Gasteiger partial charge in [0.15, 0.2) is 0 Å². The molecule has 1 aromatic rings. The van der Waals surface area contributed by atoms with Gasteiger partial charge >= 0.3 is 5.97 Å². The van der Waals surface area contributed by atoms with Gasteiger partial charge in [-0.15, -0.1) is 0 Å². The first-order valence-corrected chi connectivity index (χ1v) is 12.0. The zero-order valence-electron chi connectivity index (χ0n) is 20.0. The lowest BCUT2D eigenvalue weighted by Gasteiger charge is -2.43. The molecule has 2 aliphatic heterocycles. The second-order valence-corrected chi connectivity index (χ2v) is 9.55. The molecule has 2 N–H and O–H groups in total. The van der Waals surface area contributed by atoms with Crippen LogP contribution in [0.25, 0.3) is 0 Å². The van der Waals surface area contributed by atoms with Crippen molar-refractivity contribution >= 4 is 17.8 Å².